The molecule has 1 unspecified atom stereocenters. The van der Waals surface area contributed by atoms with Crippen molar-refractivity contribution in [2.24, 2.45) is 0 Å². The SMILES string of the molecule is CCCN1CCCCC12CCc1cc(OCCCN3CCOCC3)ccc1C2.Cl.Cl. The average molecular weight is 460 g/mol. The highest BCUT2D eigenvalue weighted by atomic mass is 35.5. The molecule has 1 aliphatic carbocycles. The fourth-order valence-corrected chi connectivity index (χ4v) is 5.46. The summed E-state index contributed by atoms with van der Waals surface area (Å²) < 4.78 is 11.5. The zero-order valence-electron chi connectivity index (χ0n) is 18.6. The number of likely N-dealkylation sites (tertiary alicyclic amines) is 1. The Hall–Kier alpha value is -0.520. The van der Waals surface area contributed by atoms with Gasteiger partial charge in [-0.25, -0.2) is 0 Å². The third kappa shape index (κ3) is 6.26. The van der Waals surface area contributed by atoms with Crippen LogP contribution in [0.5, 0.6) is 5.75 Å². The number of ether oxygens (including phenoxy) is 2. The van der Waals surface area contributed by atoms with Crippen molar-refractivity contribution in [1.82, 2.24) is 9.80 Å². The van der Waals surface area contributed by atoms with E-state index in [1.165, 1.54) is 63.6 Å². The summed E-state index contributed by atoms with van der Waals surface area (Å²) in [7, 11) is 0. The minimum atomic E-state index is 0. The number of piperidine rings is 1. The maximum Gasteiger partial charge on any atom is 0.119 e. The standard InChI is InChI=1S/C24H38N2O2.2ClH/c1-2-11-26-13-4-3-9-24(26)10-8-21-19-23(7-6-22(21)20-24)28-16-5-12-25-14-17-27-18-15-25;;/h6-7,19H,2-5,8-18,20H2,1H3;2*1H. The van der Waals surface area contributed by atoms with Crippen LogP contribution in [0.4, 0.5) is 0 Å². The first-order valence-corrected chi connectivity index (χ1v) is 11.6. The minimum Gasteiger partial charge on any atom is -0.494 e. The van der Waals surface area contributed by atoms with Gasteiger partial charge >= 0.3 is 0 Å². The monoisotopic (exact) mass is 458 g/mol. The molecular weight excluding hydrogens is 419 g/mol. The third-order valence-corrected chi connectivity index (χ3v) is 7.03. The van der Waals surface area contributed by atoms with Gasteiger partial charge in [-0.2, -0.15) is 0 Å². The van der Waals surface area contributed by atoms with Gasteiger partial charge in [0.15, 0.2) is 0 Å². The number of halogens is 2. The second-order valence-corrected chi connectivity index (χ2v) is 8.93. The van der Waals surface area contributed by atoms with Crippen molar-refractivity contribution in [2.45, 2.75) is 63.8 Å². The van der Waals surface area contributed by atoms with Gasteiger partial charge in [0.25, 0.3) is 0 Å². The zero-order valence-corrected chi connectivity index (χ0v) is 20.2. The fourth-order valence-electron chi connectivity index (χ4n) is 5.46. The van der Waals surface area contributed by atoms with Gasteiger partial charge in [0.05, 0.1) is 19.8 Å². The first-order valence-electron chi connectivity index (χ1n) is 11.6. The first-order chi connectivity index (χ1) is 13.8. The molecule has 1 atom stereocenters. The number of rotatable bonds is 7. The lowest BCUT2D eigenvalue weighted by molar-refractivity contribution is 0.0340. The number of aryl methyl sites for hydroxylation is 1. The molecule has 172 valence electrons. The number of morpholine rings is 1. The van der Waals surface area contributed by atoms with Crippen LogP contribution in [0.25, 0.3) is 0 Å². The molecule has 1 aromatic rings. The van der Waals surface area contributed by atoms with Crippen molar-refractivity contribution in [3.63, 3.8) is 0 Å². The van der Waals surface area contributed by atoms with Crippen LogP contribution in [0.15, 0.2) is 18.2 Å². The van der Waals surface area contributed by atoms with Crippen LogP contribution < -0.4 is 4.74 Å². The lowest BCUT2D eigenvalue weighted by Gasteiger charge is -2.50. The van der Waals surface area contributed by atoms with Gasteiger partial charge in [0.1, 0.15) is 5.75 Å². The van der Waals surface area contributed by atoms with Crippen LogP contribution in [-0.2, 0) is 17.6 Å². The van der Waals surface area contributed by atoms with E-state index in [-0.39, 0.29) is 24.8 Å². The van der Waals surface area contributed by atoms with Crippen LogP contribution in [0.2, 0.25) is 0 Å². The highest BCUT2D eigenvalue weighted by Gasteiger charge is 2.40. The Morgan fingerprint density at radius 1 is 1.00 bits per heavy atom. The van der Waals surface area contributed by atoms with Gasteiger partial charge in [-0.1, -0.05) is 19.4 Å². The molecule has 2 aliphatic heterocycles. The van der Waals surface area contributed by atoms with E-state index < -0.39 is 0 Å². The van der Waals surface area contributed by atoms with Crippen molar-refractivity contribution in [3.05, 3.63) is 29.3 Å². The normalized spacial score (nSPS) is 24.6. The molecule has 2 saturated heterocycles. The van der Waals surface area contributed by atoms with Gasteiger partial charge in [0, 0.05) is 25.2 Å². The van der Waals surface area contributed by atoms with E-state index in [0.29, 0.717) is 5.54 Å². The molecule has 0 aromatic heterocycles. The van der Waals surface area contributed by atoms with E-state index in [9.17, 15) is 0 Å². The lowest BCUT2D eigenvalue weighted by atomic mass is 9.72. The summed E-state index contributed by atoms with van der Waals surface area (Å²) in [6, 6.07) is 6.88. The molecule has 6 heteroatoms. The third-order valence-electron chi connectivity index (χ3n) is 7.03. The molecule has 0 bridgehead atoms. The van der Waals surface area contributed by atoms with Crippen molar-refractivity contribution in [1.29, 1.82) is 0 Å². The van der Waals surface area contributed by atoms with E-state index in [1.54, 1.807) is 5.56 Å². The molecule has 30 heavy (non-hydrogen) atoms. The summed E-state index contributed by atoms with van der Waals surface area (Å²) in [6.07, 6.45) is 10.3. The van der Waals surface area contributed by atoms with E-state index >= 15 is 0 Å². The Balaban J connectivity index is 0.00000160. The molecule has 3 aliphatic rings. The molecule has 1 spiro atoms. The molecular formula is C24H40Cl2N2O2. The largest absolute Gasteiger partial charge is 0.494 e. The van der Waals surface area contributed by atoms with E-state index in [4.69, 9.17) is 9.47 Å². The Kier molecular flexibility index (Phi) is 10.7. The number of benzene rings is 1. The summed E-state index contributed by atoms with van der Waals surface area (Å²) in [6.45, 7) is 10.7. The van der Waals surface area contributed by atoms with Crippen LogP contribution in [0.1, 0.15) is 56.6 Å². The molecule has 1 aromatic carbocycles. The Bertz CT molecular complexity index is 638. The van der Waals surface area contributed by atoms with Crippen LogP contribution in [-0.4, -0.2) is 67.9 Å². The fraction of sp³-hybridized carbons (Fsp3) is 0.750. The van der Waals surface area contributed by atoms with Crippen LogP contribution >= 0.6 is 24.8 Å². The van der Waals surface area contributed by atoms with E-state index in [1.807, 2.05) is 0 Å². The molecule has 0 amide bonds. The second-order valence-electron chi connectivity index (χ2n) is 8.93. The molecule has 0 radical (unpaired) electrons. The summed E-state index contributed by atoms with van der Waals surface area (Å²) in [5.41, 5.74) is 3.52. The molecule has 2 heterocycles. The maximum absolute atomic E-state index is 6.09. The van der Waals surface area contributed by atoms with Crippen molar-refractivity contribution < 1.29 is 9.47 Å². The van der Waals surface area contributed by atoms with Gasteiger partial charge in [-0.15, -0.1) is 24.8 Å². The average Bonchev–Trinajstić information content (AvgIpc) is 2.74. The second kappa shape index (κ2) is 12.5. The van der Waals surface area contributed by atoms with E-state index in [2.05, 4.69) is 34.9 Å². The first kappa shape index (κ1) is 25.7. The quantitative estimate of drug-likeness (QED) is 0.550. The van der Waals surface area contributed by atoms with Gasteiger partial charge < -0.3 is 9.47 Å². The predicted molar refractivity (Wildman–Crippen MR) is 129 cm³/mol. The van der Waals surface area contributed by atoms with Crippen molar-refractivity contribution >= 4 is 24.8 Å². The number of hydrogen-bond acceptors (Lipinski definition) is 4. The molecule has 0 N–H and O–H groups in total. The highest BCUT2D eigenvalue weighted by molar-refractivity contribution is 5.85. The summed E-state index contributed by atoms with van der Waals surface area (Å²) in [5, 5.41) is 0. The van der Waals surface area contributed by atoms with Crippen molar-refractivity contribution in [3.8, 4) is 5.75 Å². The predicted octanol–water partition coefficient (Wildman–Crippen LogP) is 4.75. The number of nitrogens with zero attached hydrogens (tertiary/aromatic N) is 2. The summed E-state index contributed by atoms with van der Waals surface area (Å²) in [4.78, 5) is 5.29. The smallest absolute Gasteiger partial charge is 0.119 e. The summed E-state index contributed by atoms with van der Waals surface area (Å²) in [5.74, 6) is 1.06. The van der Waals surface area contributed by atoms with Crippen LogP contribution in [0, 0.1) is 0 Å². The molecule has 2 fully saturated rings. The minimum absolute atomic E-state index is 0. The Labute approximate surface area is 195 Å². The van der Waals surface area contributed by atoms with E-state index in [0.717, 1.165) is 51.6 Å². The van der Waals surface area contributed by atoms with Crippen molar-refractivity contribution in [2.75, 3.05) is 52.5 Å². The molecule has 4 nitrogen and oxygen atoms in total. The molecule has 4 rings (SSSR count). The zero-order chi connectivity index (χ0) is 19.2. The highest BCUT2D eigenvalue weighted by Crippen LogP contribution is 2.40. The topological polar surface area (TPSA) is 24.9 Å². The maximum atomic E-state index is 6.09. The Morgan fingerprint density at radius 2 is 1.83 bits per heavy atom. The number of hydrogen-bond donors (Lipinski definition) is 0. The van der Waals surface area contributed by atoms with Gasteiger partial charge in [-0.3, -0.25) is 9.80 Å². The lowest BCUT2D eigenvalue weighted by Crippen LogP contribution is -2.55. The molecule has 0 saturated carbocycles. The van der Waals surface area contributed by atoms with Crippen LogP contribution in [0.3, 0.4) is 0 Å². The Morgan fingerprint density at radius 3 is 2.63 bits per heavy atom. The van der Waals surface area contributed by atoms with Gasteiger partial charge in [-0.05, 0) is 81.3 Å². The number of fused-ring (bicyclic) bond motifs is 1. The van der Waals surface area contributed by atoms with Gasteiger partial charge in [0.2, 0.25) is 0 Å². The summed E-state index contributed by atoms with van der Waals surface area (Å²) >= 11 is 0.